The second kappa shape index (κ2) is 3.31. The number of hydrogen-bond acceptors (Lipinski definition) is 2. The van der Waals surface area contributed by atoms with Gasteiger partial charge in [-0.25, -0.2) is 0 Å². The largest absolute Gasteiger partial charge is 0.489 e. The Morgan fingerprint density at radius 1 is 1.54 bits per heavy atom. The summed E-state index contributed by atoms with van der Waals surface area (Å²) in [5.41, 5.74) is -0.0463. The van der Waals surface area contributed by atoms with E-state index < -0.39 is 0 Å². The highest BCUT2D eigenvalue weighted by Gasteiger charge is 2.40. The molecule has 0 radical (unpaired) electrons. The smallest absolute Gasteiger partial charge is 0.133 e. The molecule has 1 aliphatic heterocycles. The maximum atomic E-state index is 5.59. The molecule has 3 heteroatoms. The van der Waals surface area contributed by atoms with Gasteiger partial charge in [-0.1, -0.05) is 12.1 Å². The molecule has 1 aliphatic rings. The minimum Gasteiger partial charge on any atom is -0.489 e. The first-order valence-corrected chi connectivity index (χ1v) is 5.00. The van der Waals surface area contributed by atoms with E-state index in [9.17, 15) is 0 Å². The first kappa shape index (κ1) is 9.03. The fourth-order valence-electron chi connectivity index (χ4n) is 0.999. The van der Waals surface area contributed by atoms with Crippen LogP contribution in [0.4, 0.5) is 0 Å². The van der Waals surface area contributed by atoms with E-state index in [1.54, 1.807) is 0 Å². The van der Waals surface area contributed by atoms with Gasteiger partial charge in [0.05, 0.1) is 11.1 Å². The van der Waals surface area contributed by atoms with Crippen molar-refractivity contribution in [1.82, 2.24) is 0 Å². The first-order valence-electron chi connectivity index (χ1n) is 4.21. The Balaban J connectivity index is 1.97. The lowest BCUT2D eigenvalue weighted by atomic mass is 10.2. The van der Waals surface area contributed by atoms with E-state index >= 15 is 0 Å². The summed E-state index contributed by atoms with van der Waals surface area (Å²) in [6.45, 7) is 3.47. The Hall–Kier alpha value is -0.540. The maximum absolute atomic E-state index is 5.59. The van der Waals surface area contributed by atoms with Crippen molar-refractivity contribution in [2.24, 2.45) is 0 Å². The van der Waals surface area contributed by atoms with Crippen molar-refractivity contribution >= 4 is 15.9 Å². The van der Waals surface area contributed by atoms with E-state index in [2.05, 4.69) is 15.9 Å². The van der Waals surface area contributed by atoms with Gasteiger partial charge in [0.25, 0.3) is 0 Å². The molecule has 0 spiro atoms. The molecular formula is C10H11BrO2. The monoisotopic (exact) mass is 242 g/mol. The molecule has 0 aliphatic carbocycles. The second-order valence-corrected chi connectivity index (χ2v) is 4.31. The summed E-state index contributed by atoms with van der Waals surface area (Å²) < 4.78 is 11.8. The van der Waals surface area contributed by atoms with Gasteiger partial charge in [-0.05, 0) is 35.0 Å². The van der Waals surface area contributed by atoms with Gasteiger partial charge in [0.2, 0.25) is 0 Å². The highest BCUT2D eigenvalue weighted by atomic mass is 79.9. The van der Waals surface area contributed by atoms with Gasteiger partial charge in [-0.2, -0.15) is 0 Å². The summed E-state index contributed by atoms with van der Waals surface area (Å²) in [5.74, 6) is 0.874. The molecule has 0 bridgehead atoms. The zero-order valence-electron chi connectivity index (χ0n) is 7.42. The van der Waals surface area contributed by atoms with E-state index in [4.69, 9.17) is 9.47 Å². The minimum absolute atomic E-state index is 0.0463. The zero-order valence-corrected chi connectivity index (χ0v) is 9.00. The van der Waals surface area contributed by atoms with Crippen molar-refractivity contribution in [2.75, 3.05) is 13.2 Å². The predicted molar refractivity (Wildman–Crippen MR) is 54.0 cm³/mol. The fraction of sp³-hybridized carbons (Fsp3) is 0.400. The molecule has 1 aromatic carbocycles. The molecule has 1 fully saturated rings. The van der Waals surface area contributed by atoms with Crippen LogP contribution in [0.3, 0.4) is 0 Å². The van der Waals surface area contributed by atoms with Crippen LogP contribution in [0.5, 0.6) is 5.75 Å². The lowest BCUT2D eigenvalue weighted by Gasteiger charge is -2.09. The van der Waals surface area contributed by atoms with Crippen molar-refractivity contribution in [1.29, 1.82) is 0 Å². The van der Waals surface area contributed by atoms with E-state index in [0.717, 1.165) is 16.8 Å². The molecule has 1 aromatic rings. The summed E-state index contributed by atoms with van der Waals surface area (Å²) in [6, 6.07) is 7.82. The van der Waals surface area contributed by atoms with Crippen LogP contribution in [-0.2, 0) is 4.74 Å². The zero-order chi connectivity index (χ0) is 9.31. The van der Waals surface area contributed by atoms with Crippen molar-refractivity contribution < 1.29 is 9.47 Å². The lowest BCUT2D eigenvalue weighted by molar-refractivity contribution is 0.201. The number of ether oxygens (including phenoxy) is 2. The fourth-order valence-corrected chi connectivity index (χ4v) is 1.40. The van der Waals surface area contributed by atoms with Gasteiger partial charge in [-0.3, -0.25) is 0 Å². The summed E-state index contributed by atoms with van der Waals surface area (Å²) in [4.78, 5) is 0. The lowest BCUT2D eigenvalue weighted by Crippen LogP contribution is -2.16. The van der Waals surface area contributed by atoms with Crippen molar-refractivity contribution in [3.8, 4) is 5.75 Å². The van der Waals surface area contributed by atoms with Crippen LogP contribution in [0.2, 0.25) is 0 Å². The van der Waals surface area contributed by atoms with E-state index in [1.807, 2.05) is 31.2 Å². The second-order valence-electron chi connectivity index (χ2n) is 3.46. The summed E-state index contributed by atoms with van der Waals surface area (Å²) in [6.07, 6.45) is 0. The first-order chi connectivity index (χ1) is 6.20. The summed E-state index contributed by atoms with van der Waals surface area (Å²) >= 11 is 3.42. The van der Waals surface area contributed by atoms with Crippen LogP contribution >= 0.6 is 15.9 Å². The molecule has 0 N–H and O–H groups in total. The Morgan fingerprint density at radius 2 is 2.23 bits per heavy atom. The van der Waals surface area contributed by atoms with E-state index in [0.29, 0.717) is 6.61 Å². The highest BCUT2D eigenvalue weighted by molar-refractivity contribution is 9.10. The van der Waals surface area contributed by atoms with Crippen LogP contribution in [-0.4, -0.2) is 18.8 Å². The molecule has 1 atom stereocenters. The topological polar surface area (TPSA) is 21.8 Å². The maximum Gasteiger partial charge on any atom is 0.133 e. The van der Waals surface area contributed by atoms with Crippen LogP contribution in [0, 0.1) is 0 Å². The number of epoxide rings is 1. The van der Waals surface area contributed by atoms with Crippen LogP contribution in [0.1, 0.15) is 6.92 Å². The molecule has 1 heterocycles. The van der Waals surface area contributed by atoms with Gasteiger partial charge in [0.1, 0.15) is 18.0 Å². The van der Waals surface area contributed by atoms with Gasteiger partial charge in [-0.15, -0.1) is 0 Å². The third-order valence-electron chi connectivity index (χ3n) is 2.01. The van der Waals surface area contributed by atoms with Crippen molar-refractivity contribution in [3.05, 3.63) is 28.7 Å². The molecular weight excluding hydrogens is 232 g/mol. The molecule has 1 saturated heterocycles. The van der Waals surface area contributed by atoms with Crippen LogP contribution in [0.25, 0.3) is 0 Å². The van der Waals surface area contributed by atoms with Gasteiger partial charge < -0.3 is 9.47 Å². The molecule has 1 unspecified atom stereocenters. The number of para-hydroxylation sites is 1. The number of benzene rings is 1. The van der Waals surface area contributed by atoms with Crippen LogP contribution < -0.4 is 4.74 Å². The molecule has 0 saturated carbocycles. The molecule has 70 valence electrons. The standard InChI is InChI=1S/C10H11BrO2/c1-10(7-13-10)6-12-9-5-3-2-4-8(9)11/h2-5H,6-7H2,1H3. The Morgan fingerprint density at radius 3 is 2.85 bits per heavy atom. The average molecular weight is 243 g/mol. The Labute approximate surface area is 86.0 Å². The van der Waals surface area contributed by atoms with E-state index in [-0.39, 0.29) is 5.60 Å². The quantitative estimate of drug-likeness (QED) is 0.761. The Bertz CT molecular complexity index is 308. The minimum atomic E-state index is -0.0463. The highest BCUT2D eigenvalue weighted by Crippen LogP contribution is 2.29. The molecule has 0 amide bonds. The number of rotatable bonds is 3. The van der Waals surface area contributed by atoms with Gasteiger partial charge in [0, 0.05) is 0 Å². The molecule has 0 aromatic heterocycles. The number of halogens is 1. The third-order valence-corrected chi connectivity index (χ3v) is 2.66. The third kappa shape index (κ3) is 2.23. The van der Waals surface area contributed by atoms with Crippen LogP contribution in [0.15, 0.2) is 28.7 Å². The van der Waals surface area contributed by atoms with Crippen molar-refractivity contribution in [3.63, 3.8) is 0 Å². The predicted octanol–water partition coefficient (Wildman–Crippen LogP) is 2.62. The molecule has 2 nitrogen and oxygen atoms in total. The SMILES string of the molecule is CC1(COc2ccccc2Br)CO1. The van der Waals surface area contributed by atoms with Gasteiger partial charge >= 0.3 is 0 Å². The van der Waals surface area contributed by atoms with Gasteiger partial charge in [0.15, 0.2) is 0 Å². The molecule has 13 heavy (non-hydrogen) atoms. The normalized spacial score (nSPS) is 25.7. The summed E-state index contributed by atoms with van der Waals surface area (Å²) in [5, 5.41) is 0. The summed E-state index contributed by atoms with van der Waals surface area (Å²) in [7, 11) is 0. The Kier molecular flexibility index (Phi) is 2.30. The molecule has 2 rings (SSSR count). The van der Waals surface area contributed by atoms with E-state index in [1.165, 1.54) is 0 Å². The van der Waals surface area contributed by atoms with Crippen molar-refractivity contribution in [2.45, 2.75) is 12.5 Å². The average Bonchev–Trinajstić information content (AvgIpc) is 2.83. The number of hydrogen-bond donors (Lipinski definition) is 0.